The number of halogens is 1. The molecule has 2 aromatic carbocycles. The van der Waals surface area contributed by atoms with Gasteiger partial charge >= 0.3 is 5.97 Å². The Hall–Kier alpha value is -2.29. The predicted molar refractivity (Wildman–Crippen MR) is 148 cm³/mol. The molecule has 7 heteroatoms. The monoisotopic (exact) mass is 592 g/mol. The summed E-state index contributed by atoms with van der Waals surface area (Å²) in [5.41, 5.74) is 1.96. The first kappa shape index (κ1) is 27.3. The fourth-order valence-electron chi connectivity index (χ4n) is 4.41. The van der Waals surface area contributed by atoms with Crippen LogP contribution in [0.3, 0.4) is 0 Å². The van der Waals surface area contributed by atoms with Crippen LogP contribution in [0.15, 0.2) is 42.5 Å². The number of carboxylic acid groups (broad SMARTS) is 1. The van der Waals surface area contributed by atoms with E-state index in [1.807, 2.05) is 12.1 Å². The number of ether oxygens (including phenoxy) is 1. The van der Waals surface area contributed by atoms with Gasteiger partial charge in [-0.15, -0.1) is 0 Å². The van der Waals surface area contributed by atoms with Crippen LogP contribution in [-0.2, 0) is 16.0 Å². The third kappa shape index (κ3) is 7.85. The third-order valence-corrected chi connectivity index (χ3v) is 6.95. The van der Waals surface area contributed by atoms with Gasteiger partial charge in [-0.25, -0.2) is 4.79 Å². The lowest BCUT2D eigenvalue weighted by molar-refractivity contribution is -0.152. The number of aliphatic carboxylic acids is 1. The number of carbonyl (C=O) groups is 2. The van der Waals surface area contributed by atoms with Crippen molar-refractivity contribution in [3.63, 3.8) is 0 Å². The molecule has 0 aromatic heterocycles. The van der Waals surface area contributed by atoms with Gasteiger partial charge in [0.1, 0.15) is 5.75 Å². The summed E-state index contributed by atoms with van der Waals surface area (Å²) >= 11 is 2.35. The number of nitrogens with zero attached hydrogens (tertiary/aromatic N) is 1. The van der Waals surface area contributed by atoms with Gasteiger partial charge in [0.25, 0.3) is 0 Å². The zero-order valence-electron chi connectivity index (χ0n) is 21.1. The SMILES string of the molecule is CC(C)CC(NC(=O)Cc1ccc(OC(C)(C)C(=O)O)cc1)c1cc(I)ccc1N1CCCCC1. The minimum absolute atomic E-state index is 0.0290. The zero-order chi connectivity index (χ0) is 25.6. The summed E-state index contributed by atoms with van der Waals surface area (Å²) in [5, 5.41) is 12.6. The molecule has 1 heterocycles. The average Bonchev–Trinajstić information content (AvgIpc) is 2.80. The summed E-state index contributed by atoms with van der Waals surface area (Å²) in [6.07, 6.45) is 4.80. The van der Waals surface area contributed by atoms with Crippen LogP contribution in [-0.4, -0.2) is 35.7 Å². The van der Waals surface area contributed by atoms with Crippen molar-refractivity contribution >= 4 is 40.2 Å². The lowest BCUT2D eigenvalue weighted by Crippen LogP contribution is -2.37. The van der Waals surface area contributed by atoms with Gasteiger partial charge in [0.2, 0.25) is 5.91 Å². The maximum atomic E-state index is 13.1. The Bertz CT molecular complexity index is 1010. The number of anilines is 1. The first-order valence-corrected chi connectivity index (χ1v) is 13.5. The normalized spacial score (nSPS) is 15.1. The van der Waals surface area contributed by atoms with E-state index in [0.717, 1.165) is 25.1 Å². The Morgan fingerprint density at radius 3 is 2.34 bits per heavy atom. The van der Waals surface area contributed by atoms with Crippen LogP contribution in [0.1, 0.15) is 70.5 Å². The summed E-state index contributed by atoms with van der Waals surface area (Å²) in [6, 6.07) is 13.6. The van der Waals surface area contributed by atoms with E-state index in [2.05, 4.69) is 64.9 Å². The van der Waals surface area contributed by atoms with Gasteiger partial charge < -0.3 is 20.1 Å². The minimum Gasteiger partial charge on any atom is -0.478 e. The highest BCUT2D eigenvalue weighted by Crippen LogP contribution is 2.33. The summed E-state index contributed by atoms with van der Waals surface area (Å²) in [6.45, 7) is 9.50. The number of rotatable bonds is 10. The molecule has 0 aliphatic carbocycles. The van der Waals surface area contributed by atoms with Crippen molar-refractivity contribution in [3.05, 3.63) is 57.2 Å². The van der Waals surface area contributed by atoms with Gasteiger partial charge in [0.15, 0.2) is 5.60 Å². The number of hydrogen-bond donors (Lipinski definition) is 2. The standard InChI is InChI=1S/C28H37IN2O4/c1-19(2)16-24(23-18-21(29)10-13-25(23)31-14-6-5-7-15-31)30-26(32)17-20-8-11-22(12-9-20)35-28(3,4)27(33)34/h8-13,18-19,24H,5-7,14-17H2,1-4H3,(H,30,32)(H,33,34). The van der Waals surface area contributed by atoms with Crippen LogP contribution < -0.4 is 15.0 Å². The molecule has 2 N–H and O–H groups in total. The van der Waals surface area contributed by atoms with Gasteiger partial charge in [-0.1, -0.05) is 26.0 Å². The van der Waals surface area contributed by atoms with Crippen molar-refractivity contribution in [2.45, 2.75) is 71.4 Å². The summed E-state index contributed by atoms with van der Waals surface area (Å²) < 4.78 is 6.73. The Morgan fingerprint density at radius 1 is 1.09 bits per heavy atom. The Balaban J connectivity index is 1.74. The first-order chi connectivity index (χ1) is 16.5. The molecule has 190 valence electrons. The molecule has 35 heavy (non-hydrogen) atoms. The van der Waals surface area contributed by atoms with Crippen LogP contribution in [0.4, 0.5) is 5.69 Å². The Labute approximate surface area is 222 Å². The molecule has 6 nitrogen and oxygen atoms in total. The number of amides is 1. The highest BCUT2D eigenvalue weighted by Gasteiger charge is 2.29. The topological polar surface area (TPSA) is 78.9 Å². The molecule has 1 unspecified atom stereocenters. The van der Waals surface area contributed by atoms with Crippen molar-refractivity contribution in [1.82, 2.24) is 5.32 Å². The van der Waals surface area contributed by atoms with Crippen LogP contribution in [0.25, 0.3) is 0 Å². The molecule has 0 spiro atoms. The number of piperidine rings is 1. The molecular formula is C28H37IN2O4. The largest absolute Gasteiger partial charge is 0.478 e. The minimum atomic E-state index is -1.32. The highest BCUT2D eigenvalue weighted by atomic mass is 127. The van der Waals surface area contributed by atoms with Crippen molar-refractivity contribution < 1.29 is 19.4 Å². The lowest BCUT2D eigenvalue weighted by atomic mass is 9.94. The number of carboxylic acids is 1. The molecule has 0 bridgehead atoms. The van der Waals surface area contributed by atoms with Gasteiger partial charge in [-0.3, -0.25) is 4.79 Å². The molecule has 1 atom stereocenters. The van der Waals surface area contributed by atoms with E-state index >= 15 is 0 Å². The van der Waals surface area contributed by atoms with E-state index in [-0.39, 0.29) is 18.4 Å². The molecule has 3 rings (SSSR count). The first-order valence-electron chi connectivity index (χ1n) is 12.4. The van der Waals surface area contributed by atoms with E-state index < -0.39 is 11.6 Å². The molecule has 0 radical (unpaired) electrons. The fraction of sp³-hybridized carbons (Fsp3) is 0.500. The van der Waals surface area contributed by atoms with E-state index in [1.54, 1.807) is 12.1 Å². The van der Waals surface area contributed by atoms with E-state index in [4.69, 9.17) is 4.74 Å². The number of nitrogens with one attached hydrogen (secondary N) is 1. The Kier molecular flexibility index (Phi) is 9.44. The van der Waals surface area contributed by atoms with Crippen molar-refractivity contribution in [2.75, 3.05) is 18.0 Å². The molecule has 1 fully saturated rings. The van der Waals surface area contributed by atoms with Gasteiger partial charge in [-0.2, -0.15) is 0 Å². The van der Waals surface area contributed by atoms with Crippen molar-refractivity contribution in [1.29, 1.82) is 0 Å². The van der Waals surface area contributed by atoms with Crippen LogP contribution in [0, 0.1) is 9.49 Å². The number of carbonyl (C=O) groups excluding carboxylic acids is 1. The third-order valence-electron chi connectivity index (χ3n) is 6.28. The maximum absolute atomic E-state index is 13.1. The average molecular weight is 593 g/mol. The zero-order valence-corrected chi connectivity index (χ0v) is 23.3. The van der Waals surface area contributed by atoms with Gasteiger partial charge in [0.05, 0.1) is 12.5 Å². The van der Waals surface area contributed by atoms with Crippen LogP contribution in [0.2, 0.25) is 0 Å². The van der Waals surface area contributed by atoms with Crippen molar-refractivity contribution in [2.24, 2.45) is 5.92 Å². The molecule has 1 amide bonds. The number of hydrogen-bond acceptors (Lipinski definition) is 4. The lowest BCUT2D eigenvalue weighted by Gasteiger charge is -2.33. The van der Waals surface area contributed by atoms with E-state index in [1.165, 1.54) is 47.9 Å². The quantitative estimate of drug-likeness (QED) is 0.333. The molecular weight excluding hydrogens is 555 g/mol. The summed E-state index contributed by atoms with van der Waals surface area (Å²) in [4.78, 5) is 26.9. The number of benzene rings is 2. The van der Waals surface area contributed by atoms with E-state index in [9.17, 15) is 14.7 Å². The fourth-order valence-corrected chi connectivity index (χ4v) is 4.92. The Morgan fingerprint density at radius 2 is 1.74 bits per heavy atom. The van der Waals surface area contributed by atoms with Crippen LogP contribution >= 0.6 is 22.6 Å². The van der Waals surface area contributed by atoms with Gasteiger partial charge in [0, 0.05) is 22.3 Å². The second-order valence-corrected chi connectivity index (χ2v) is 11.5. The molecule has 1 aliphatic heterocycles. The smallest absolute Gasteiger partial charge is 0.347 e. The molecule has 1 saturated heterocycles. The highest BCUT2D eigenvalue weighted by molar-refractivity contribution is 14.1. The molecule has 2 aromatic rings. The van der Waals surface area contributed by atoms with Gasteiger partial charge in [-0.05, 0) is 109 Å². The van der Waals surface area contributed by atoms with Crippen molar-refractivity contribution in [3.8, 4) is 5.75 Å². The van der Waals surface area contributed by atoms with E-state index in [0.29, 0.717) is 11.7 Å². The second kappa shape index (κ2) is 12.1. The molecule has 1 aliphatic rings. The summed E-state index contributed by atoms with van der Waals surface area (Å²) in [5.74, 6) is -0.166. The summed E-state index contributed by atoms with van der Waals surface area (Å²) in [7, 11) is 0. The predicted octanol–water partition coefficient (Wildman–Crippen LogP) is 5.97. The second-order valence-electron chi connectivity index (χ2n) is 10.2. The molecule has 0 saturated carbocycles. The van der Waals surface area contributed by atoms with Crippen LogP contribution in [0.5, 0.6) is 5.75 Å². The maximum Gasteiger partial charge on any atom is 0.347 e.